The molecule has 1 aromatic carbocycles. The largest absolute Gasteiger partial charge is 0.497 e. The monoisotopic (exact) mass is 282 g/mol. The van der Waals surface area contributed by atoms with Crippen LogP contribution in [0.25, 0.3) is 0 Å². The van der Waals surface area contributed by atoms with Crippen molar-refractivity contribution >= 4 is 23.1 Å². The molecule has 19 heavy (non-hydrogen) atoms. The van der Waals surface area contributed by atoms with Crippen LogP contribution in [0.4, 0.5) is 11.4 Å². The normalized spacial score (nSPS) is 22.2. The van der Waals surface area contributed by atoms with Crippen molar-refractivity contribution in [3.63, 3.8) is 0 Å². The van der Waals surface area contributed by atoms with Gasteiger partial charge in [0.25, 0.3) is 5.69 Å². The van der Waals surface area contributed by atoms with E-state index in [0.29, 0.717) is 22.7 Å². The number of hydrogen-bond donors (Lipinski definition) is 1. The van der Waals surface area contributed by atoms with Gasteiger partial charge in [-0.3, -0.25) is 10.1 Å². The summed E-state index contributed by atoms with van der Waals surface area (Å²) in [5.41, 5.74) is 0.655. The number of nitro groups is 1. The summed E-state index contributed by atoms with van der Waals surface area (Å²) in [5.74, 6) is 0.631. The lowest BCUT2D eigenvalue weighted by atomic mass is 10.2. The molecule has 1 fully saturated rings. The Morgan fingerprint density at radius 2 is 2.26 bits per heavy atom. The summed E-state index contributed by atoms with van der Waals surface area (Å²) < 4.78 is 5.14. The summed E-state index contributed by atoms with van der Waals surface area (Å²) >= 11 is 1.82. The molecule has 104 valence electrons. The second-order valence-corrected chi connectivity index (χ2v) is 5.67. The Bertz CT molecular complexity index is 467. The fourth-order valence-electron chi connectivity index (χ4n) is 2.49. The highest BCUT2D eigenvalue weighted by molar-refractivity contribution is 7.99. The lowest BCUT2D eigenvalue weighted by Gasteiger charge is -2.20. The molecule has 5 nitrogen and oxygen atoms in total. The van der Waals surface area contributed by atoms with Gasteiger partial charge in [-0.1, -0.05) is 6.42 Å². The van der Waals surface area contributed by atoms with E-state index < -0.39 is 0 Å². The molecule has 2 unspecified atom stereocenters. The topological polar surface area (TPSA) is 64.4 Å². The van der Waals surface area contributed by atoms with Crippen LogP contribution in [0.3, 0.4) is 0 Å². The van der Waals surface area contributed by atoms with E-state index in [1.54, 1.807) is 19.2 Å². The Balaban J connectivity index is 2.24. The van der Waals surface area contributed by atoms with E-state index in [4.69, 9.17) is 4.74 Å². The minimum atomic E-state index is -0.356. The van der Waals surface area contributed by atoms with E-state index in [9.17, 15) is 10.1 Å². The lowest BCUT2D eigenvalue weighted by Crippen LogP contribution is -2.26. The molecule has 2 rings (SSSR count). The highest BCUT2D eigenvalue weighted by Crippen LogP contribution is 2.35. The van der Waals surface area contributed by atoms with Gasteiger partial charge in [-0.05, 0) is 25.2 Å². The van der Waals surface area contributed by atoms with Gasteiger partial charge in [-0.15, -0.1) is 0 Å². The molecule has 0 heterocycles. The summed E-state index contributed by atoms with van der Waals surface area (Å²) in [7, 11) is 1.56. The zero-order valence-corrected chi connectivity index (χ0v) is 11.9. The third kappa shape index (κ3) is 3.12. The predicted octanol–water partition coefficient (Wildman–Crippen LogP) is 3.30. The van der Waals surface area contributed by atoms with Crippen LogP contribution in [0, 0.1) is 10.1 Å². The molecular formula is C13H18N2O3S. The smallest absolute Gasteiger partial charge is 0.292 e. The molecule has 0 aliphatic heterocycles. The summed E-state index contributed by atoms with van der Waals surface area (Å²) in [5, 5.41) is 14.9. The lowest BCUT2D eigenvalue weighted by molar-refractivity contribution is -0.384. The van der Waals surface area contributed by atoms with E-state index in [1.165, 1.54) is 12.5 Å². The zero-order valence-electron chi connectivity index (χ0n) is 11.1. The van der Waals surface area contributed by atoms with Crippen LogP contribution in [-0.2, 0) is 0 Å². The molecule has 2 atom stereocenters. The average Bonchev–Trinajstić information content (AvgIpc) is 2.85. The number of hydrogen-bond acceptors (Lipinski definition) is 5. The maximum atomic E-state index is 11.1. The molecule has 1 N–H and O–H groups in total. The number of nitrogens with zero attached hydrogens (tertiary/aromatic N) is 1. The standard InChI is InChI=1S/C13H18N2O3S/c1-18-9-6-7-12(15(16)17)11(8-9)14-10-4-3-5-13(10)19-2/h6-8,10,13-14H,3-5H2,1-2H3. The summed E-state index contributed by atoms with van der Waals surface area (Å²) in [6, 6.07) is 5.10. The molecule has 0 bridgehead atoms. The number of benzene rings is 1. The van der Waals surface area contributed by atoms with Gasteiger partial charge in [-0.25, -0.2) is 0 Å². The van der Waals surface area contributed by atoms with Gasteiger partial charge in [0.1, 0.15) is 11.4 Å². The summed E-state index contributed by atoms with van der Waals surface area (Å²) in [6.07, 6.45) is 5.47. The number of anilines is 1. The van der Waals surface area contributed by atoms with E-state index in [1.807, 2.05) is 11.8 Å². The molecule has 6 heteroatoms. The predicted molar refractivity (Wildman–Crippen MR) is 78.2 cm³/mol. The Morgan fingerprint density at radius 1 is 1.47 bits per heavy atom. The van der Waals surface area contributed by atoms with Crippen molar-refractivity contribution in [3.8, 4) is 5.75 Å². The van der Waals surface area contributed by atoms with E-state index in [2.05, 4.69) is 11.6 Å². The number of rotatable bonds is 5. The van der Waals surface area contributed by atoms with Crippen LogP contribution < -0.4 is 10.1 Å². The van der Waals surface area contributed by atoms with E-state index in [0.717, 1.165) is 12.8 Å². The molecule has 0 radical (unpaired) electrons. The molecule has 1 saturated carbocycles. The first-order valence-electron chi connectivity index (χ1n) is 6.27. The highest BCUT2D eigenvalue weighted by Gasteiger charge is 2.28. The third-order valence-corrected chi connectivity index (χ3v) is 4.67. The van der Waals surface area contributed by atoms with Gasteiger partial charge in [-0.2, -0.15) is 11.8 Å². The fraction of sp³-hybridized carbons (Fsp3) is 0.538. The van der Waals surface area contributed by atoms with Crippen molar-refractivity contribution < 1.29 is 9.66 Å². The summed E-state index contributed by atoms with van der Waals surface area (Å²) in [4.78, 5) is 10.7. The van der Waals surface area contributed by atoms with Crippen molar-refractivity contribution in [2.45, 2.75) is 30.6 Å². The van der Waals surface area contributed by atoms with Crippen molar-refractivity contribution in [1.82, 2.24) is 0 Å². The van der Waals surface area contributed by atoms with Gasteiger partial charge in [0.15, 0.2) is 0 Å². The maximum Gasteiger partial charge on any atom is 0.292 e. The number of nitrogens with one attached hydrogen (secondary N) is 1. The quantitative estimate of drug-likeness (QED) is 0.663. The fourth-order valence-corrected chi connectivity index (χ4v) is 3.42. The van der Waals surface area contributed by atoms with Gasteiger partial charge >= 0.3 is 0 Å². The number of thioether (sulfide) groups is 1. The van der Waals surface area contributed by atoms with Crippen molar-refractivity contribution in [2.24, 2.45) is 0 Å². The minimum Gasteiger partial charge on any atom is -0.497 e. The minimum absolute atomic E-state index is 0.104. The Morgan fingerprint density at radius 3 is 2.89 bits per heavy atom. The van der Waals surface area contributed by atoms with Crippen LogP contribution in [0.5, 0.6) is 5.75 Å². The van der Waals surface area contributed by atoms with Crippen molar-refractivity contribution in [1.29, 1.82) is 0 Å². The Hall–Kier alpha value is -1.43. The van der Waals surface area contributed by atoms with Crippen LogP contribution in [0.1, 0.15) is 19.3 Å². The van der Waals surface area contributed by atoms with E-state index >= 15 is 0 Å². The number of ether oxygens (including phenoxy) is 1. The Labute approximate surface area is 116 Å². The molecule has 0 amide bonds. The first-order chi connectivity index (χ1) is 9.15. The molecule has 1 aliphatic rings. The first kappa shape index (κ1) is 14.0. The molecule has 0 aromatic heterocycles. The highest BCUT2D eigenvalue weighted by atomic mass is 32.2. The second-order valence-electron chi connectivity index (χ2n) is 4.60. The maximum absolute atomic E-state index is 11.1. The van der Waals surface area contributed by atoms with Gasteiger partial charge < -0.3 is 10.1 Å². The van der Waals surface area contributed by atoms with E-state index in [-0.39, 0.29) is 10.6 Å². The van der Waals surface area contributed by atoms with Crippen molar-refractivity contribution in [2.75, 3.05) is 18.7 Å². The second kappa shape index (κ2) is 6.14. The van der Waals surface area contributed by atoms with Gasteiger partial charge in [0.05, 0.1) is 12.0 Å². The van der Waals surface area contributed by atoms with Gasteiger partial charge in [0, 0.05) is 23.4 Å². The van der Waals surface area contributed by atoms with Crippen LogP contribution in [-0.4, -0.2) is 29.6 Å². The Kier molecular flexibility index (Phi) is 4.52. The van der Waals surface area contributed by atoms with Crippen LogP contribution in [0.2, 0.25) is 0 Å². The number of nitro benzene ring substituents is 1. The van der Waals surface area contributed by atoms with Gasteiger partial charge in [0.2, 0.25) is 0 Å². The molecule has 0 saturated heterocycles. The van der Waals surface area contributed by atoms with Crippen LogP contribution in [0.15, 0.2) is 18.2 Å². The molecule has 1 aromatic rings. The molecule has 0 spiro atoms. The number of methoxy groups -OCH3 is 1. The molecule has 1 aliphatic carbocycles. The SMILES string of the molecule is COc1ccc([N+](=O)[O-])c(NC2CCCC2SC)c1. The average molecular weight is 282 g/mol. The zero-order chi connectivity index (χ0) is 13.8. The van der Waals surface area contributed by atoms with Crippen LogP contribution >= 0.6 is 11.8 Å². The third-order valence-electron chi connectivity index (χ3n) is 3.50. The summed E-state index contributed by atoms with van der Waals surface area (Å²) in [6.45, 7) is 0. The first-order valence-corrected chi connectivity index (χ1v) is 7.56. The molecular weight excluding hydrogens is 264 g/mol. The van der Waals surface area contributed by atoms with Crippen molar-refractivity contribution in [3.05, 3.63) is 28.3 Å².